The second-order valence-corrected chi connectivity index (χ2v) is 8.29. The minimum absolute atomic E-state index is 0.0769. The number of aromatic nitrogens is 3. The zero-order valence-electron chi connectivity index (χ0n) is 15.5. The Morgan fingerprint density at radius 3 is 2.52 bits per heavy atom. The number of rotatable bonds is 5. The van der Waals surface area contributed by atoms with Crippen LogP contribution in [0.5, 0.6) is 0 Å². The largest absolute Gasteiger partial charge is 0.459 e. The second kappa shape index (κ2) is 7.38. The monoisotopic (exact) mass is 389 g/mol. The average Bonchev–Trinajstić information content (AvgIpc) is 3.22. The highest BCUT2D eigenvalue weighted by Gasteiger charge is 2.32. The first-order chi connectivity index (χ1) is 13.0. The number of hydrogen-bond acceptors (Lipinski definition) is 6. The van der Waals surface area contributed by atoms with Crippen LogP contribution in [-0.4, -0.2) is 67.8 Å². The lowest BCUT2D eigenvalue weighted by atomic mass is 10.2. The highest BCUT2D eigenvalue weighted by Crippen LogP contribution is 2.39. The van der Waals surface area contributed by atoms with E-state index in [2.05, 4.69) is 14.8 Å². The molecule has 3 heterocycles. The smallest absolute Gasteiger partial charge is 0.289 e. The van der Waals surface area contributed by atoms with Gasteiger partial charge in [0.2, 0.25) is 5.91 Å². The summed E-state index contributed by atoms with van der Waals surface area (Å²) in [6, 6.07) is 3.85. The maximum absolute atomic E-state index is 12.8. The lowest BCUT2D eigenvalue weighted by molar-refractivity contribution is -0.131. The van der Waals surface area contributed by atoms with Gasteiger partial charge in [0.05, 0.1) is 11.5 Å². The number of carbonyl (C=O) groups is 2. The van der Waals surface area contributed by atoms with Crippen LogP contribution in [0, 0.1) is 6.92 Å². The third-order valence-corrected chi connectivity index (χ3v) is 6.03. The molecule has 8 nitrogen and oxygen atoms in total. The van der Waals surface area contributed by atoms with E-state index in [9.17, 15) is 9.59 Å². The van der Waals surface area contributed by atoms with E-state index in [0.29, 0.717) is 38.0 Å². The molecule has 0 N–H and O–H groups in total. The maximum atomic E-state index is 12.8. The number of furan rings is 1. The molecule has 0 spiro atoms. The van der Waals surface area contributed by atoms with E-state index in [0.717, 1.165) is 23.8 Å². The summed E-state index contributed by atoms with van der Waals surface area (Å²) in [7, 11) is 0. The van der Waals surface area contributed by atoms with Crippen LogP contribution < -0.4 is 0 Å². The maximum Gasteiger partial charge on any atom is 0.289 e. The molecular formula is C18H23N5O3S. The quantitative estimate of drug-likeness (QED) is 0.727. The highest BCUT2D eigenvalue weighted by atomic mass is 32.2. The Bertz CT molecular complexity index is 822. The molecule has 2 aliphatic rings. The fraction of sp³-hybridized carbons (Fsp3) is 0.556. The van der Waals surface area contributed by atoms with Crippen molar-refractivity contribution >= 4 is 23.6 Å². The summed E-state index contributed by atoms with van der Waals surface area (Å²) in [6.45, 7) is 5.96. The second-order valence-electron chi connectivity index (χ2n) is 6.99. The van der Waals surface area contributed by atoms with Crippen molar-refractivity contribution in [2.75, 3.05) is 26.2 Å². The van der Waals surface area contributed by atoms with Crippen molar-refractivity contribution < 1.29 is 14.0 Å². The Morgan fingerprint density at radius 1 is 1.19 bits per heavy atom. The summed E-state index contributed by atoms with van der Waals surface area (Å²) in [5.74, 6) is 1.20. The van der Waals surface area contributed by atoms with Gasteiger partial charge >= 0.3 is 0 Å². The van der Waals surface area contributed by atoms with Gasteiger partial charge in [-0.05, 0) is 38.8 Å². The van der Waals surface area contributed by atoms with Gasteiger partial charge in [-0.2, -0.15) is 0 Å². The third-order valence-electron chi connectivity index (χ3n) is 4.99. The SMILES string of the molecule is Cc1nnc(S[C@H](C)C(=O)N2CCN(C(=O)c3ccco3)CC2)n1C1CC1. The van der Waals surface area contributed by atoms with E-state index in [1.54, 1.807) is 17.0 Å². The summed E-state index contributed by atoms with van der Waals surface area (Å²) in [5.41, 5.74) is 0. The van der Waals surface area contributed by atoms with Gasteiger partial charge in [-0.3, -0.25) is 9.59 Å². The number of piperazine rings is 1. The summed E-state index contributed by atoms with van der Waals surface area (Å²) < 4.78 is 7.32. The predicted molar refractivity (Wildman–Crippen MR) is 99.5 cm³/mol. The van der Waals surface area contributed by atoms with Crippen LogP contribution in [0.4, 0.5) is 0 Å². The molecule has 1 saturated carbocycles. The normalized spacial score (nSPS) is 18.6. The molecule has 1 saturated heterocycles. The van der Waals surface area contributed by atoms with E-state index in [4.69, 9.17) is 4.42 Å². The molecule has 2 aromatic rings. The van der Waals surface area contributed by atoms with Crippen LogP contribution in [0.15, 0.2) is 28.0 Å². The molecule has 2 amide bonds. The Balaban J connectivity index is 1.33. The molecule has 144 valence electrons. The average molecular weight is 389 g/mol. The van der Waals surface area contributed by atoms with Crippen LogP contribution in [0.1, 0.15) is 42.2 Å². The zero-order chi connectivity index (χ0) is 19.0. The number of nitrogens with zero attached hydrogens (tertiary/aromatic N) is 5. The van der Waals surface area contributed by atoms with E-state index < -0.39 is 0 Å². The molecule has 9 heteroatoms. The van der Waals surface area contributed by atoms with Gasteiger partial charge in [0.15, 0.2) is 10.9 Å². The number of amides is 2. The molecule has 0 aromatic carbocycles. The lowest BCUT2D eigenvalue weighted by Gasteiger charge is -2.35. The first kappa shape index (κ1) is 18.1. The van der Waals surface area contributed by atoms with Crippen LogP contribution in [-0.2, 0) is 4.79 Å². The molecule has 0 unspecified atom stereocenters. The molecule has 1 atom stereocenters. The van der Waals surface area contributed by atoms with Gasteiger partial charge in [-0.15, -0.1) is 10.2 Å². The molecule has 2 fully saturated rings. The van der Waals surface area contributed by atoms with Crippen molar-refractivity contribution in [1.82, 2.24) is 24.6 Å². The molecule has 27 heavy (non-hydrogen) atoms. The van der Waals surface area contributed by atoms with Crippen molar-refractivity contribution in [3.63, 3.8) is 0 Å². The highest BCUT2D eigenvalue weighted by molar-refractivity contribution is 8.00. The van der Waals surface area contributed by atoms with Gasteiger partial charge < -0.3 is 18.8 Å². The number of thioether (sulfide) groups is 1. The molecule has 4 rings (SSSR count). The molecule has 1 aliphatic heterocycles. The summed E-state index contributed by atoms with van der Waals surface area (Å²) in [6.07, 6.45) is 3.80. The minimum atomic E-state index is -0.238. The van der Waals surface area contributed by atoms with Crippen molar-refractivity contribution in [2.45, 2.75) is 43.1 Å². The van der Waals surface area contributed by atoms with E-state index in [1.807, 2.05) is 18.7 Å². The number of aryl methyl sites for hydroxylation is 1. The van der Waals surface area contributed by atoms with Crippen LogP contribution in [0.3, 0.4) is 0 Å². The van der Waals surface area contributed by atoms with E-state index in [1.165, 1.54) is 18.0 Å². The standard InChI is InChI=1S/C18H23N5O3S/c1-12(27-18-20-19-13(2)23(18)14-5-6-14)16(24)21-7-9-22(10-8-21)17(25)15-4-3-11-26-15/h3-4,11-12,14H,5-10H2,1-2H3/t12-/m1/s1. The first-order valence-corrected chi connectivity index (χ1v) is 10.1. The van der Waals surface area contributed by atoms with Gasteiger partial charge in [-0.25, -0.2) is 0 Å². The van der Waals surface area contributed by atoms with Crippen LogP contribution in [0.2, 0.25) is 0 Å². The lowest BCUT2D eigenvalue weighted by Crippen LogP contribution is -2.52. The topological polar surface area (TPSA) is 84.5 Å². The zero-order valence-corrected chi connectivity index (χ0v) is 16.3. The molecule has 1 aliphatic carbocycles. The van der Waals surface area contributed by atoms with Gasteiger partial charge in [-0.1, -0.05) is 11.8 Å². The number of carbonyl (C=O) groups excluding carboxylic acids is 2. The Morgan fingerprint density at radius 2 is 1.89 bits per heavy atom. The molecular weight excluding hydrogens is 366 g/mol. The Labute approximate surface area is 161 Å². The van der Waals surface area contributed by atoms with Crippen LogP contribution >= 0.6 is 11.8 Å². The fourth-order valence-corrected chi connectivity index (χ4v) is 4.38. The molecule has 2 aromatic heterocycles. The fourth-order valence-electron chi connectivity index (χ4n) is 3.34. The summed E-state index contributed by atoms with van der Waals surface area (Å²) in [4.78, 5) is 28.7. The molecule has 0 bridgehead atoms. The summed E-state index contributed by atoms with van der Waals surface area (Å²) >= 11 is 1.47. The Hall–Kier alpha value is -2.29. The third kappa shape index (κ3) is 3.73. The van der Waals surface area contributed by atoms with Gasteiger partial charge in [0.25, 0.3) is 5.91 Å². The molecule has 0 radical (unpaired) electrons. The predicted octanol–water partition coefficient (Wildman–Crippen LogP) is 1.98. The van der Waals surface area contributed by atoms with E-state index >= 15 is 0 Å². The van der Waals surface area contributed by atoms with Crippen molar-refractivity contribution in [2.24, 2.45) is 0 Å². The Kier molecular flexibility index (Phi) is 4.94. The van der Waals surface area contributed by atoms with Crippen molar-refractivity contribution in [1.29, 1.82) is 0 Å². The van der Waals surface area contributed by atoms with Crippen molar-refractivity contribution in [3.05, 3.63) is 30.0 Å². The van der Waals surface area contributed by atoms with Crippen LogP contribution in [0.25, 0.3) is 0 Å². The number of hydrogen-bond donors (Lipinski definition) is 0. The van der Waals surface area contributed by atoms with Gasteiger partial charge in [0, 0.05) is 32.2 Å². The first-order valence-electron chi connectivity index (χ1n) is 9.24. The summed E-state index contributed by atoms with van der Waals surface area (Å²) in [5, 5.41) is 9.00. The van der Waals surface area contributed by atoms with E-state index in [-0.39, 0.29) is 17.1 Å². The minimum Gasteiger partial charge on any atom is -0.459 e. The van der Waals surface area contributed by atoms with Crippen molar-refractivity contribution in [3.8, 4) is 0 Å². The van der Waals surface area contributed by atoms with Gasteiger partial charge in [0.1, 0.15) is 5.82 Å².